The van der Waals surface area contributed by atoms with E-state index in [2.05, 4.69) is 13.8 Å². The Bertz CT molecular complexity index is 326. The minimum absolute atomic E-state index is 0.331. The summed E-state index contributed by atoms with van der Waals surface area (Å²) in [6.45, 7) is 4.63. The van der Waals surface area contributed by atoms with Crippen LogP contribution in [0.25, 0.3) is 0 Å². The van der Waals surface area contributed by atoms with E-state index in [-0.39, 0.29) is 5.41 Å². The summed E-state index contributed by atoms with van der Waals surface area (Å²) in [6.07, 6.45) is 6.81. The van der Waals surface area contributed by atoms with Gasteiger partial charge >= 0.3 is 5.97 Å². The van der Waals surface area contributed by atoms with E-state index in [4.69, 9.17) is 0 Å². The molecule has 0 spiro atoms. The highest BCUT2D eigenvalue weighted by molar-refractivity contribution is 5.76. The molecule has 3 aliphatic carbocycles. The topological polar surface area (TPSA) is 37.3 Å². The van der Waals surface area contributed by atoms with Crippen molar-refractivity contribution in [3.05, 3.63) is 0 Å². The number of rotatable bonds is 2. The maximum absolute atomic E-state index is 11.8. The Morgan fingerprint density at radius 1 is 1.06 bits per heavy atom. The molecule has 0 aliphatic heterocycles. The molecule has 1 N–H and O–H groups in total. The maximum Gasteiger partial charge on any atom is 0.309 e. The molecule has 0 radical (unpaired) electrons. The molecule has 0 heterocycles. The van der Waals surface area contributed by atoms with Crippen molar-refractivity contribution in [2.24, 2.45) is 35.0 Å². The average molecular weight is 236 g/mol. The summed E-state index contributed by atoms with van der Waals surface area (Å²) in [4.78, 5) is 11.8. The van der Waals surface area contributed by atoms with Crippen LogP contribution in [0, 0.1) is 35.0 Å². The number of hydrogen-bond acceptors (Lipinski definition) is 1. The zero-order valence-corrected chi connectivity index (χ0v) is 11.0. The number of fused-ring (bicyclic) bond motifs is 1. The predicted octanol–water partition coefficient (Wildman–Crippen LogP) is 3.56. The van der Waals surface area contributed by atoms with Gasteiger partial charge in [-0.3, -0.25) is 4.79 Å². The van der Waals surface area contributed by atoms with Crippen molar-refractivity contribution in [2.75, 3.05) is 0 Å². The molecule has 3 fully saturated rings. The van der Waals surface area contributed by atoms with Crippen molar-refractivity contribution in [1.29, 1.82) is 0 Å². The van der Waals surface area contributed by atoms with Gasteiger partial charge in [-0.05, 0) is 61.7 Å². The quantitative estimate of drug-likeness (QED) is 0.796. The first-order valence-corrected chi connectivity index (χ1v) is 7.26. The highest BCUT2D eigenvalue weighted by Crippen LogP contribution is 2.64. The third-order valence-corrected chi connectivity index (χ3v) is 6.13. The highest BCUT2D eigenvalue weighted by atomic mass is 16.4. The molecule has 5 unspecified atom stereocenters. The number of carbonyl (C=O) groups is 1. The van der Waals surface area contributed by atoms with Gasteiger partial charge in [0.25, 0.3) is 0 Å². The van der Waals surface area contributed by atoms with Gasteiger partial charge in [0.2, 0.25) is 0 Å². The minimum Gasteiger partial charge on any atom is -0.481 e. The van der Waals surface area contributed by atoms with Crippen LogP contribution in [0.2, 0.25) is 0 Å². The van der Waals surface area contributed by atoms with E-state index >= 15 is 0 Å². The summed E-state index contributed by atoms with van der Waals surface area (Å²) in [5.74, 6) is 2.99. The molecule has 3 aliphatic rings. The first-order chi connectivity index (χ1) is 8.03. The second kappa shape index (κ2) is 3.73. The van der Waals surface area contributed by atoms with Crippen LogP contribution in [0.15, 0.2) is 0 Å². The summed E-state index contributed by atoms with van der Waals surface area (Å²) in [7, 11) is 0. The summed E-state index contributed by atoms with van der Waals surface area (Å²) in [5, 5.41) is 9.71. The molecule has 0 aromatic carbocycles. The van der Waals surface area contributed by atoms with Gasteiger partial charge in [0, 0.05) is 0 Å². The van der Waals surface area contributed by atoms with Gasteiger partial charge in [0.1, 0.15) is 0 Å². The van der Waals surface area contributed by atoms with E-state index in [9.17, 15) is 9.90 Å². The summed E-state index contributed by atoms with van der Waals surface area (Å²) in [5.41, 5.74) is -0.331. The zero-order valence-electron chi connectivity index (χ0n) is 11.0. The van der Waals surface area contributed by atoms with Crippen molar-refractivity contribution in [1.82, 2.24) is 0 Å². The zero-order chi connectivity index (χ0) is 12.2. The van der Waals surface area contributed by atoms with E-state index < -0.39 is 5.97 Å². The van der Waals surface area contributed by atoms with Gasteiger partial charge in [-0.25, -0.2) is 0 Å². The molecular weight excluding hydrogens is 212 g/mol. The lowest BCUT2D eigenvalue weighted by Crippen LogP contribution is -2.41. The summed E-state index contributed by atoms with van der Waals surface area (Å²) < 4.78 is 0. The molecule has 3 saturated carbocycles. The Labute approximate surface area is 104 Å². The van der Waals surface area contributed by atoms with E-state index in [1.165, 1.54) is 12.8 Å². The normalized spacial score (nSPS) is 53.2. The molecule has 96 valence electrons. The molecule has 2 nitrogen and oxygen atoms in total. The largest absolute Gasteiger partial charge is 0.481 e. The van der Waals surface area contributed by atoms with E-state index in [1.807, 2.05) is 0 Å². The van der Waals surface area contributed by atoms with Gasteiger partial charge in [-0.2, -0.15) is 0 Å². The third-order valence-electron chi connectivity index (χ3n) is 6.13. The summed E-state index contributed by atoms with van der Waals surface area (Å²) in [6, 6.07) is 0. The van der Waals surface area contributed by atoms with Crippen molar-refractivity contribution in [2.45, 2.75) is 52.4 Å². The van der Waals surface area contributed by atoms with Gasteiger partial charge in [0.05, 0.1) is 5.41 Å². The number of carboxylic acid groups (broad SMARTS) is 1. The first-order valence-electron chi connectivity index (χ1n) is 7.26. The number of carboxylic acids is 1. The van der Waals surface area contributed by atoms with Crippen LogP contribution in [0.5, 0.6) is 0 Å². The van der Waals surface area contributed by atoms with Gasteiger partial charge in [0.15, 0.2) is 0 Å². The second-order valence-electron chi connectivity index (χ2n) is 7.09. The van der Waals surface area contributed by atoms with Gasteiger partial charge < -0.3 is 5.11 Å². The van der Waals surface area contributed by atoms with Crippen molar-refractivity contribution in [3.63, 3.8) is 0 Å². The molecule has 0 saturated heterocycles. The Hall–Kier alpha value is -0.530. The smallest absolute Gasteiger partial charge is 0.309 e. The Kier molecular flexibility index (Phi) is 2.53. The van der Waals surface area contributed by atoms with Crippen molar-refractivity contribution >= 4 is 5.97 Å². The standard InChI is InChI=1S/C15H24O2/c1-9-3-4-13(5-10(9)2)15(14(16)17)7-11-6-12(11)8-15/h9-13H,3-8H2,1-2H3,(H,16,17). The Balaban J connectivity index is 1.78. The van der Waals surface area contributed by atoms with Gasteiger partial charge in [-0.1, -0.05) is 20.3 Å². The van der Waals surface area contributed by atoms with E-state index in [0.717, 1.165) is 43.4 Å². The molecular formula is C15H24O2. The third kappa shape index (κ3) is 1.71. The molecule has 3 rings (SSSR count). The molecule has 0 aromatic heterocycles. The van der Waals surface area contributed by atoms with Crippen LogP contribution in [0.3, 0.4) is 0 Å². The maximum atomic E-state index is 11.8. The molecule has 0 amide bonds. The fourth-order valence-corrected chi connectivity index (χ4v) is 4.56. The molecule has 5 atom stereocenters. The van der Waals surface area contributed by atoms with E-state index in [0.29, 0.717) is 11.8 Å². The Morgan fingerprint density at radius 2 is 1.71 bits per heavy atom. The van der Waals surface area contributed by atoms with Gasteiger partial charge in [-0.15, -0.1) is 0 Å². The Morgan fingerprint density at radius 3 is 2.24 bits per heavy atom. The van der Waals surface area contributed by atoms with Crippen LogP contribution in [0.4, 0.5) is 0 Å². The van der Waals surface area contributed by atoms with Crippen molar-refractivity contribution < 1.29 is 9.90 Å². The molecule has 17 heavy (non-hydrogen) atoms. The van der Waals surface area contributed by atoms with Crippen LogP contribution in [0.1, 0.15) is 52.4 Å². The minimum atomic E-state index is -0.489. The fraction of sp³-hybridized carbons (Fsp3) is 0.933. The summed E-state index contributed by atoms with van der Waals surface area (Å²) >= 11 is 0. The van der Waals surface area contributed by atoms with Crippen LogP contribution < -0.4 is 0 Å². The fourth-order valence-electron chi connectivity index (χ4n) is 4.56. The highest BCUT2D eigenvalue weighted by Gasteiger charge is 2.60. The number of hydrogen-bond donors (Lipinski definition) is 1. The monoisotopic (exact) mass is 236 g/mol. The molecule has 0 bridgehead atoms. The lowest BCUT2D eigenvalue weighted by Gasteiger charge is -2.41. The lowest BCUT2D eigenvalue weighted by atomic mass is 9.62. The van der Waals surface area contributed by atoms with Crippen molar-refractivity contribution in [3.8, 4) is 0 Å². The predicted molar refractivity (Wildman–Crippen MR) is 66.6 cm³/mol. The van der Waals surface area contributed by atoms with Crippen LogP contribution in [-0.4, -0.2) is 11.1 Å². The van der Waals surface area contributed by atoms with E-state index in [1.54, 1.807) is 0 Å². The average Bonchev–Trinajstić information content (AvgIpc) is 2.90. The SMILES string of the molecule is CC1CCC(C2(C(=O)O)CC3CC3C2)CC1C. The second-order valence-corrected chi connectivity index (χ2v) is 7.09. The van der Waals surface area contributed by atoms with Crippen LogP contribution >= 0.6 is 0 Å². The molecule has 2 heteroatoms. The van der Waals surface area contributed by atoms with Crippen LogP contribution in [-0.2, 0) is 4.79 Å². The molecule has 0 aromatic rings. The number of aliphatic carboxylic acids is 1. The first kappa shape index (κ1) is 11.6. The lowest BCUT2D eigenvalue weighted by molar-refractivity contribution is -0.155.